The lowest BCUT2D eigenvalue weighted by molar-refractivity contribution is -0.141. The Balaban J connectivity index is 1.81. The topological polar surface area (TPSA) is 97.4 Å². The first-order chi connectivity index (χ1) is 17.8. The zero-order valence-electron chi connectivity index (χ0n) is 20.9. The van der Waals surface area contributed by atoms with E-state index in [1.807, 2.05) is 0 Å². The zero-order valence-corrected chi connectivity index (χ0v) is 21.7. The van der Waals surface area contributed by atoms with E-state index in [-0.39, 0.29) is 24.3 Å². The molecule has 0 radical (unpaired) electrons. The molecule has 38 heavy (non-hydrogen) atoms. The Morgan fingerprint density at radius 3 is 2.39 bits per heavy atom. The van der Waals surface area contributed by atoms with E-state index in [2.05, 4.69) is 15.0 Å². The van der Waals surface area contributed by atoms with E-state index in [0.717, 1.165) is 18.4 Å². The molecule has 3 rings (SSSR count). The molecule has 1 atom stereocenters. The van der Waals surface area contributed by atoms with Gasteiger partial charge in [-0.15, -0.1) is 0 Å². The Bertz CT molecular complexity index is 1410. The van der Waals surface area contributed by atoms with Crippen LogP contribution in [-0.2, 0) is 34.1 Å². The molecule has 1 unspecified atom stereocenters. The second kappa shape index (κ2) is 11.9. The molecule has 0 aliphatic heterocycles. The minimum Gasteiger partial charge on any atom is -0.494 e. The molecule has 0 saturated heterocycles. The van der Waals surface area contributed by atoms with Gasteiger partial charge in [-0.3, -0.25) is 4.79 Å². The van der Waals surface area contributed by atoms with Crippen LogP contribution in [0.25, 0.3) is 11.3 Å². The van der Waals surface area contributed by atoms with E-state index < -0.39 is 39.5 Å². The molecule has 0 aliphatic carbocycles. The normalized spacial score (nSPS) is 12.7. The molecule has 0 saturated carbocycles. The number of carbonyl (C=O) groups excluding carboxylic acids is 1. The van der Waals surface area contributed by atoms with Crippen molar-refractivity contribution in [3.8, 4) is 17.0 Å². The molecule has 7 nitrogen and oxygen atoms in total. The van der Waals surface area contributed by atoms with Crippen molar-refractivity contribution >= 4 is 15.9 Å². The summed E-state index contributed by atoms with van der Waals surface area (Å²) >= 11 is 0. The maximum atomic E-state index is 14.5. The van der Waals surface area contributed by atoms with Crippen LogP contribution in [0.15, 0.2) is 54.6 Å². The number of halogens is 4. The van der Waals surface area contributed by atoms with Gasteiger partial charge in [-0.05, 0) is 49.2 Å². The average molecular weight is 554 g/mol. The fourth-order valence-corrected chi connectivity index (χ4v) is 4.03. The SMILES string of the molecule is CCOc1cccc(-c2nc(C(F)(F)F)ccc2CNC(=O)C(C)c2ccc(CNS(C)(=O)=O)c(F)c2)c1. The van der Waals surface area contributed by atoms with Gasteiger partial charge >= 0.3 is 6.18 Å². The van der Waals surface area contributed by atoms with E-state index in [9.17, 15) is 30.8 Å². The van der Waals surface area contributed by atoms with Crippen LogP contribution in [-0.4, -0.2) is 32.2 Å². The second-order valence-corrected chi connectivity index (χ2v) is 10.4. The number of rotatable bonds is 10. The van der Waals surface area contributed by atoms with Crippen LogP contribution in [0.1, 0.15) is 42.1 Å². The number of amides is 1. The van der Waals surface area contributed by atoms with Gasteiger partial charge in [-0.25, -0.2) is 22.5 Å². The summed E-state index contributed by atoms with van der Waals surface area (Å²) in [7, 11) is -3.51. The number of hydrogen-bond donors (Lipinski definition) is 2. The number of alkyl halides is 3. The monoisotopic (exact) mass is 553 g/mol. The Morgan fingerprint density at radius 2 is 1.76 bits per heavy atom. The predicted molar refractivity (Wildman–Crippen MR) is 134 cm³/mol. The van der Waals surface area contributed by atoms with Crippen LogP contribution >= 0.6 is 0 Å². The van der Waals surface area contributed by atoms with Gasteiger partial charge in [-0.1, -0.05) is 30.3 Å². The highest BCUT2D eigenvalue weighted by atomic mass is 32.2. The third-order valence-corrected chi connectivity index (χ3v) is 6.30. The number of sulfonamides is 1. The maximum Gasteiger partial charge on any atom is 0.433 e. The number of hydrogen-bond acceptors (Lipinski definition) is 5. The van der Waals surface area contributed by atoms with Crippen molar-refractivity contribution in [1.82, 2.24) is 15.0 Å². The molecule has 1 amide bonds. The minimum atomic E-state index is -4.66. The van der Waals surface area contributed by atoms with Gasteiger partial charge in [0.1, 0.15) is 17.3 Å². The van der Waals surface area contributed by atoms with Crippen molar-refractivity contribution in [3.63, 3.8) is 0 Å². The molecule has 1 aromatic heterocycles. The van der Waals surface area contributed by atoms with E-state index >= 15 is 0 Å². The molecule has 3 aromatic rings. The van der Waals surface area contributed by atoms with Gasteiger partial charge in [0.05, 0.1) is 24.5 Å². The third kappa shape index (κ3) is 7.75. The average Bonchev–Trinajstić information content (AvgIpc) is 2.85. The second-order valence-electron chi connectivity index (χ2n) is 8.55. The number of ether oxygens (including phenoxy) is 1. The van der Waals surface area contributed by atoms with Gasteiger partial charge in [0, 0.05) is 24.2 Å². The highest BCUT2D eigenvalue weighted by Crippen LogP contribution is 2.32. The van der Waals surface area contributed by atoms with Gasteiger partial charge in [-0.2, -0.15) is 13.2 Å². The molecule has 0 bridgehead atoms. The lowest BCUT2D eigenvalue weighted by atomic mass is 9.98. The molecule has 0 spiro atoms. The van der Waals surface area contributed by atoms with E-state index in [1.54, 1.807) is 38.1 Å². The summed E-state index contributed by atoms with van der Waals surface area (Å²) in [5.74, 6) is -1.50. The summed E-state index contributed by atoms with van der Waals surface area (Å²) in [5.41, 5.74) is 0.168. The van der Waals surface area contributed by atoms with Crippen molar-refractivity contribution in [3.05, 3.63) is 82.8 Å². The summed E-state index contributed by atoms with van der Waals surface area (Å²) in [6.45, 7) is 3.34. The van der Waals surface area contributed by atoms with Crippen molar-refractivity contribution in [2.75, 3.05) is 12.9 Å². The molecular formula is C26H27F4N3O4S. The Morgan fingerprint density at radius 1 is 1.05 bits per heavy atom. The van der Waals surface area contributed by atoms with E-state index in [4.69, 9.17) is 4.74 Å². The largest absolute Gasteiger partial charge is 0.494 e. The lowest BCUT2D eigenvalue weighted by Gasteiger charge is -2.17. The number of pyridine rings is 1. The first kappa shape index (κ1) is 29.1. The standard InChI is InChI=1S/C26H27F4N3O4S/c1-4-37-21-7-5-6-18(12-21)24-20(10-11-23(33-24)26(28,29)30)14-31-25(34)16(2)17-8-9-19(22(27)13-17)15-32-38(3,35)36/h5-13,16,32H,4,14-15H2,1-3H3,(H,31,34). The summed E-state index contributed by atoms with van der Waals surface area (Å²) < 4.78 is 84.7. The highest BCUT2D eigenvalue weighted by molar-refractivity contribution is 7.88. The molecule has 204 valence electrons. The fraction of sp³-hybridized carbons (Fsp3) is 0.308. The van der Waals surface area contributed by atoms with Gasteiger partial charge in [0.15, 0.2) is 0 Å². The Labute approximate surface area is 218 Å². The van der Waals surface area contributed by atoms with Crippen LogP contribution in [0.4, 0.5) is 17.6 Å². The molecule has 2 N–H and O–H groups in total. The maximum absolute atomic E-state index is 14.5. The third-order valence-electron chi connectivity index (χ3n) is 5.64. The van der Waals surface area contributed by atoms with Crippen LogP contribution < -0.4 is 14.8 Å². The number of nitrogens with one attached hydrogen (secondary N) is 2. The summed E-state index contributed by atoms with van der Waals surface area (Å²) in [5, 5.41) is 2.68. The molecule has 0 aliphatic rings. The molecule has 0 fully saturated rings. The molecule has 2 aromatic carbocycles. The number of carbonyl (C=O) groups is 1. The van der Waals surface area contributed by atoms with Crippen LogP contribution in [0.2, 0.25) is 0 Å². The van der Waals surface area contributed by atoms with Gasteiger partial charge < -0.3 is 10.1 Å². The first-order valence-electron chi connectivity index (χ1n) is 11.6. The first-order valence-corrected chi connectivity index (χ1v) is 13.5. The quantitative estimate of drug-likeness (QED) is 0.353. The summed E-state index contributed by atoms with van der Waals surface area (Å²) in [4.78, 5) is 16.7. The Kier molecular flexibility index (Phi) is 9.10. The van der Waals surface area contributed by atoms with Gasteiger partial charge in [0.2, 0.25) is 15.9 Å². The van der Waals surface area contributed by atoms with Crippen molar-refractivity contribution in [2.24, 2.45) is 0 Å². The lowest BCUT2D eigenvalue weighted by Crippen LogP contribution is -2.28. The number of aromatic nitrogens is 1. The van der Waals surface area contributed by atoms with Crippen molar-refractivity contribution in [1.29, 1.82) is 0 Å². The van der Waals surface area contributed by atoms with Crippen LogP contribution in [0.5, 0.6) is 5.75 Å². The predicted octanol–water partition coefficient (Wildman–Crippen LogP) is 4.77. The fourth-order valence-electron chi connectivity index (χ4n) is 3.61. The minimum absolute atomic E-state index is 0.0445. The van der Waals surface area contributed by atoms with Gasteiger partial charge in [0.25, 0.3) is 0 Å². The Hall–Kier alpha value is -3.51. The smallest absolute Gasteiger partial charge is 0.433 e. The van der Waals surface area contributed by atoms with E-state index in [0.29, 0.717) is 29.0 Å². The van der Waals surface area contributed by atoms with Crippen molar-refractivity contribution < 1.29 is 35.5 Å². The molecular weight excluding hydrogens is 526 g/mol. The summed E-state index contributed by atoms with van der Waals surface area (Å²) in [6.07, 6.45) is -3.70. The highest BCUT2D eigenvalue weighted by Gasteiger charge is 2.33. The molecule has 1 heterocycles. The summed E-state index contributed by atoms with van der Waals surface area (Å²) in [6, 6.07) is 12.6. The number of nitrogens with zero attached hydrogens (tertiary/aromatic N) is 1. The zero-order chi connectivity index (χ0) is 28.1. The van der Waals surface area contributed by atoms with Crippen LogP contribution in [0.3, 0.4) is 0 Å². The van der Waals surface area contributed by atoms with E-state index in [1.165, 1.54) is 18.2 Å². The number of benzene rings is 2. The molecule has 12 heteroatoms. The van der Waals surface area contributed by atoms with Crippen molar-refractivity contribution in [2.45, 2.75) is 39.0 Å². The van der Waals surface area contributed by atoms with Crippen LogP contribution in [0, 0.1) is 5.82 Å².